The Balaban J connectivity index is 0.000000823. The van der Waals surface area contributed by atoms with E-state index in [2.05, 4.69) is 6.92 Å². The number of carbonyl (C=O) groups is 1. The molecule has 1 N–H and O–H groups in total. The second-order valence-corrected chi connectivity index (χ2v) is 8.74. The Hall–Kier alpha value is -1.19. The molecule has 0 fully saturated rings. The Labute approximate surface area is 193 Å². The lowest BCUT2D eigenvalue weighted by molar-refractivity contribution is -0.107. The van der Waals surface area contributed by atoms with Crippen LogP contribution in [0.25, 0.3) is 0 Å². The zero-order valence-corrected chi connectivity index (χ0v) is 20.5. The van der Waals surface area contributed by atoms with E-state index < -0.39 is 0 Å². The van der Waals surface area contributed by atoms with Crippen molar-refractivity contribution in [3.63, 3.8) is 0 Å². The lowest BCUT2D eigenvalue weighted by Crippen LogP contribution is -2.06. The van der Waals surface area contributed by atoms with Gasteiger partial charge in [-0.25, -0.2) is 0 Å². The fourth-order valence-electron chi connectivity index (χ4n) is 3.83. The minimum absolute atomic E-state index is 0.370. The molecule has 0 bridgehead atoms. The van der Waals surface area contributed by atoms with Crippen molar-refractivity contribution >= 4 is 6.29 Å². The SMILES string of the molecule is CCCCCCCCCC(CO)CCCCCCCCC=O.COCc1ccccc1. The number of aliphatic hydroxyl groups is 1. The van der Waals surface area contributed by atoms with Crippen LogP contribution in [0.5, 0.6) is 0 Å². The molecule has 0 aliphatic carbocycles. The van der Waals surface area contributed by atoms with Gasteiger partial charge in [-0.3, -0.25) is 0 Å². The second-order valence-electron chi connectivity index (χ2n) is 8.74. The van der Waals surface area contributed by atoms with Crippen molar-refractivity contribution in [2.75, 3.05) is 13.7 Å². The van der Waals surface area contributed by atoms with Gasteiger partial charge in [0.05, 0.1) is 6.61 Å². The maximum atomic E-state index is 10.2. The third kappa shape index (κ3) is 21.8. The summed E-state index contributed by atoms with van der Waals surface area (Å²) in [5.41, 5.74) is 1.22. The average molecular weight is 435 g/mol. The molecule has 0 saturated heterocycles. The van der Waals surface area contributed by atoms with Gasteiger partial charge in [0.1, 0.15) is 6.29 Å². The minimum atomic E-state index is 0.370. The van der Waals surface area contributed by atoms with Crippen LogP contribution in [0.2, 0.25) is 0 Å². The summed E-state index contributed by atoms with van der Waals surface area (Å²) in [6, 6.07) is 10.1. The maximum absolute atomic E-state index is 10.2. The van der Waals surface area contributed by atoms with Crippen LogP contribution in [0.4, 0.5) is 0 Å². The molecular formula is C28H50O3. The van der Waals surface area contributed by atoms with Crippen molar-refractivity contribution in [2.24, 2.45) is 5.92 Å². The summed E-state index contributed by atoms with van der Waals surface area (Å²) < 4.78 is 4.93. The molecule has 1 aromatic carbocycles. The van der Waals surface area contributed by atoms with E-state index in [1.807, 2.05) is 30.3 Å². The predicted octanol–water partition coefficient (Wildman–Crippen LogP) is 7.89. The van der Waals surface area contributed by atoms with E-state index in [4.69, 9.17) is 4.74 Å². The molecule has 3 nitrogen and oxygen atoms in total. The molecule has 3 heteroatoms. The largest absolute Gasteiger partial charge is 0.396 e. The van der Waals surface area contributed by atoms with Crippen molar-refractivity contribution in [1.82, 2.24) is 0 Å². The highest BCUT2D eigenvalue weighted by Crippen LogP contribution is 2.19. The van der Waals surface area contributed by atoms with Crippen LogP contribution in [0.1, 0.15) is 115 Å². The van der Waals surface area contributed by atoms with Crippen molar-refractivity contribution in [3.05, 3.63) is 35.9 Å². The molecule has 0 amide bonds. The zero-order valence-electron chi connectivity index (χ0n) is 20.5. The molecule has 0 aromatic heterocycles. The summed E-state index contributed by atoms with van der Waals surface area (Å²) in [4.78, 5) is 10.2. The molecule has 0 radical (unpaired) electrons. The molecule has 0 spiro atoms. The Morgan fingerprint density at radius 3 is 1.81 bits per heavy atom. The standard InChI is InChI=1S/C20H40O2.C8H10O/c1-2-3-4-5-7-10-13-16-20(19-22)17-14-11-8-6-9-12-15-18-21;1-9-7-8-5-3-2-4-6-8/h18,20,22H,2-17,19H2,1H3;2-6H,7H2,1H3. The summed E-state index contributed by atoms with van der Waals surface area (Å²) in [5, 5.41) is 9.47. The van der Waals surface area contributed by atoms with Crippen LogP contribution in [-0.4, -0.2) is 25.1 Å². The number of methoxy groups -OCH3 is 1. The van der Waals surface area contributed by atoms with E-state index in [0.717, 1.165) is 19.1 Å². The lowest BCUT2D eigenvalue weighted by atomic mass is 9.95. The maximum Gasteiger partial charge on any atom is 0.119 e. The van der Waals surface area contributed by atoms with Crippen molar-refractivity contribution in [1.29, 1.82) is 0 Å². The van der Waals surface area contributed by atoms with Crippen LogP contribution >= 0.6 is 0 Å². The van der Waals surface area contributed by atoms with Crippen LogP contribution in [-0.2, 0) is 16.1 Å². The van der Waals surface area contributed by atoms with E-state index in [-0.39, 0.29) is 0 Å². The molecule has 0 aliphatic rings. The van der Waals surface area contributed by atoms with Gasteiger partial charge in [0, 0.05) is 20.1 Å². The first-order valence-corrected chi connectivity index (χ1v) is 12.9. The molecule has 31 heavy (non-hydrogen) atoms. The van der Waals surface area contributed by atoms with Crippen LogP contribution < -0.4 is 0 Å². The molecular weight excluding hydrogens is 384 g/mol. The molecule has 1 atom stereocenters. The monoisotopic (exact) mass is 434 g/mol. The van der Waals surface area contributed by atoms with Gasteiger partial charge < -0.3 is 14.6 Å². The first-order valence-electron chi connectivity index (χ1n) is 12.9. The molecule has 1 rings (SSSR count). The lowest BCUT2D eigenvalue weighted by Gasteiger charge is -2.13. The molecule has 0 aliphatic heterocycles. The highest BCUT2D eigenvalue weighted by Gasteiger charge is 2.06. The fraction of sp³-hybridized carbons (Fsp3) is 0.750. The smallest absolute Gasteiger partial charge is 0.119 e. The highest BCUT2D eigenvalue weighted by atomic mass is 16.5. The van der Waals surface area contributed by atoms with E-state index >= 15 is 0 Å². The fourth-order valence-corrected chi connectivity index (χ4v) is 3.83. The summed E-state index contributed by atoms with van der Waals surface area (Å²) in [7, 11) is 1.70. The molecule has 180 valence electrons. The van der Waals surface area contributed by atoms with Gasteiger partial charge in [-0.05, 0) is 30.7 Å². The summed E-state index contributed by atoms with van der Waals surface area (Å²) >= 11 is 0. The topological polar surface area (TPSA) is 46.5 Å². The van der Waals surface area contributed by atoms with Crippen LogP contribution in [0.15, 0.2) is 30.3 Å². The number of ether oxygens (including phenoxy) is 1. The number of hydrogen-bond donors (Lipinski definition) is 1. The number of aliphatic hydroxyl groups excluding tert-OH is 1. The Bertz CT molecular complexity index is 461. The van der Waals surface area contributed by atoms with Gasteiger partial charge in [-0.15, -0.1) is 0 Å². The third-order valence-corrected chi connectivity index (χ3v) is 5.81. The quantitative estimate of drug-likeness (QED) is 0.168. The van der Waals surface area contributed by atoms with E-state index in [9.17, 15) is 9.90 Å². The number of benzene rings is 1. The first-order chi connectivity index (χ1) is 15.3. The normalized spacial score (nSPS) is 11.6. The van der Waals surface area contributed by atoms with E-state index in [0.29, 0.717) is 19.1 Å². The van der Waals surface area contributed by atoms with Gasteiger partial charge in [0.15, 0.2) is 0 Å². The van der Waals surface area contributed by atoms with Gasteiger partial charge in [0.2, 0.25) is 0 Å². The molecule has 0 heterocycles. The first kappa shape index (κ1) is 29.8. The Morgan fingerprint density at radius 1 is 0.806 bits per heavy atom. The van der Waals surface area contributed by atoms with Crippen LogP contribution in [0, 0.1) is 5.92 Å². The number of unbranched alkanes of at least 4 members (excludes halogenated alkanes) is 12. The van der Waals surface area contributed by atoms with E-state index in [1.165, 1.54) is 95.5 Å². The van der Waals surface area contributed by atoms with Gasteiger partial charge in [0.25, 0.3) is 0 Å². The minimum Gasteiger partial charge on any atom is -0.396 e. The van der Waals surface area contributed by atoms with Crippen LogP contribution in [0.3, 0.4) is 0 Å². The van der Waals surface area contributed by atoms with Gasteiger partial charge in [-0.2, -0.15) is 0 Å². The number of carbonyl (C=O) groups excluding carboxylic acids is 1. The van der Waals surface area contributed by atoms with Crippen molar-refractivity contribution < 1.29 is 14.6 Å². The zero-order chi connectivity index (χ0) is 22.8. The highest BCUT2D eigenvalue weighted by molar-refractivity contribution is 5.48. The third-order valence-electron chi connectivity index (χ3n) is 5.81. The summed E-state index contributed by atoms with van der Waals surface area (Å²) in [5.74, 6) is 0.533. The second kappa shape index (κ2) is 25.1. The number of rotatable bonds is 20. The summed E-state index contributed by atoms with van der Waals surface area (Å²) in [6.45, 7) is 3.34. The predicted molar refractivity (Wildman–Crippen MR) is 133 cm³/mol. The molecule has 1 unspecified atom stereocenters. The Morgan fingerprint density at radius 2 is 1.32 bits per heavy atom. The van der Waals surface area contributed by atoms with Gasteiger partial charge >= 0.3 is 0 Å². The van der Waals surface area contributed by atoms with Crippen molar-refractivity contribution in [3.8, 4) is 0 Å². The molecule has 1 aromatic rings. The molecule has 0 saturated carbocycles. The van der Waals surface area contributed by atoms with E-state index in [1.54, 1.807) is 7.11 Å². The van der Waals surface area contributed by atoms with Gasteiger partial charge in [-0.1, -0.05) is 114 Å². The number of hydrogen-bond acceptors (Lipinski definition) is 3. The Kier molecular flexibility index (Phi) is 24.1. The summed E-state index contributed by atoms with van der Waals surface area (Å²) in [6.07, 6.45) is 21.0. The average Bonchev–Trinajstić information content (AvgIpc) is 2.80. The number of aldehydes is 1. The van der Waals surface area contributed by atoms with Crippen molar-refractivity contribution in [2.45, 2.75) is 116 Å².